The van der Waals surface area contributed by atoms with Crippen LogP contribution < -0.4 is 10.2 Å². The Balaban J connectivity index is 1.65. The molecule has 1 heterocycles. The summed E-state index contributed by atoms with van der Waals surface area (Å²) >= 11 is 6.13. The zero-order valence-electron chi connectivity index (χ0n) is 16.7. The van der Waals surface area contributed by atoms with E-state index >= 15 is 0 Å². The molecule has 31 heavy (non-hydrogen) atoms. The third kappa shape index (κ3) is 4.65. The minimum Gasteiger partial charge on any atom is -0.497 e. The van der Waals surface area contributed by atoms with Crippen LogP contribution >= 0.6 is 11.6 Å². The van der Waals surface area contributed by atoms with Crippen LogP contribution in [0.5, 0.6) is 5.75 Å². The first-order valence-corrected chi connectivity index (χ1v) is 9.91. The van der Waals surface area contributed by atoms with E-state index in [1.807, 2.05) is 72.8 Å². The largest absolute Gasteiger partial charge is 0.497 e. The number of halogens is 1. The number of aromatic nitrogens is 2. The van der Waals surface area contributed by atoms with E-state index in [1.165, 1.54) is 6.21 Å². The first-order chi connectivity index (χ1) is 15.2. The number of benzene rings is 3. The van der Waals surface area contributed by atoms with Crippen LogP contribution in [0.3, 0.4) is 0 Å². The van der Waals surface area contributed by atoms with Crippen molar-refractivity contribution >= 4 is 23.7 Å². The molecule has 1 aromatic heterocycles. The Morgan fingerprint density at radius 1 is 1.03 bits per heavy atom. The summed E-state index contributed by atoms with van der Waals surface area (Å²) in [5, 5.41) is 9.25. The van der Waals surface area contributed by atoms with Gasteiger partial charge >= 0.3 is 0 Å². The van der Waals surface area contributed by atoms with Gasteiger partial charge in [0, 0.05) is 16.1 Å². The number of para-hydroxylation sites is 1. The van der Waals surface area contributed by atoms with Gasteiger partial charge in [-0.05, 0) is 48.5 Å². The number of hydrazone groups is 1. The molecule has 154 valence electrons. The molecule has 1 amide bonds. The Bertz CT molecular complexity index is 1220. The van der Waals surface area contributed by atoms with Gasteiger partial charge in [0.25, 0.3) is 5.91 Å². The van der Waals surface area contributed by atoms with Crippen molar-refractivity contribution in [3.63, 3.8) is 0 Å². The third-order valence-electron chi connectivity index (χ3n) is 4.60. The van der Waals surface area contributed by atoms with E-state index in [2.05, 4.69) is 15.6 Å². The third-order valence-corrected chi connectivity index (χ3v) is 4.95. The van der Waals surface area contributed by atoms with Crippen molar-refractivity contribution in [1.82, 2.24) is 15.2 Å². The molecule has 4 rings (SSSR count). The maximum absolute atomic E-state index is 12.9. The molecule has 0 atom stereocenters. The second-order valence-corrected chi connectivity index (χ2v) is 7.02. The standard InChI is InChI=1S/C24H19ClN4O2/c1-31-20-13-11-17(12-14-20)22-15-23(29(28-22)19-8-3-2-4-9-19)24(30)27-26-16-18-7-5-6-10-21(18)25/h2-16H,1H3,(H,27,30). The Morgan fingerprint density at radius 2 is 1.74 bits per heavy atom. The molecule has 0 unspecified atom stereocenters. The minimum absolute atomic E-state index is 0.355. The van der Waals surface area contributed by atoms with Crippen molar-refractivity contribution in [2.24, 2.45) is 5.10 Å². The number of hydrogen-bond donors (Lipinski definition) is 1. The molecule has 0 aliphatic rings. The number of nitrogens with zero attached hydrogens (tertiary/aromatic N) is 3. The van der Waals surface area contributed by atoms with Crippen LogP contribution in [0.15, 0.2) is 90.0 Å². The average molecular weight is 431 g/mol. The predicted octanol–water partition coefficient (Wildman–Crippen LogP) is 4.97. The summed E-state index contributed by atoms with van der Waals surface area (Å²) in [5.41, 5.74) is 5.91. The molecule has 3 aromatic carbocycles. The summed E-state index contributed by atoms with van der Waals surface area (Å²) in [6.07, 6.45) is 1.51. The second kappa shape index (κ2) is 9.28. The number of nitrogens with one attached hydrogen (secondary N) is 1. The number of hydrogen-bond acceptors (Lipinski definition) is 4. The summed E-state index contributed by atoms with van der Waals surface area (Å²) < 4.78 is 6.81. The fourth-order valence-electron chi connectivity index (χ4n) is 3.01. The Kier molecular flexibility index (Phi) is 6.10. The molecule has 0 aliphatic heterocycles. The van der Waals surface area contributed by atoms with Crippen molar-refractivity contribution in [2.75, 3.05) is 7.11 Å². The van der Waals surface area contributed by atoms with Crippen LogP contribution in [-0.2, 0) is 0 Å². The molecule has 0 radical (unpaired) electrons. The summed E-state index contributed by atoms with van der Waals surface area (Å²) in [5.74, 6) is 0.359. The van der Waals surface area contributed by atoms with Crippen molar-refractivity contribution < 1.29 is 9.53 Å². The van der Waals surface area contributed by atoms with Crippen LogP contribution in [-0.4, -0.2) is 29.0 Å². The Hall–Kier alpha value is -3.90. The van der Waals surface area contributed by atoms with E-state index < -0.39 is 0 Å². The molecule has 0 aliphatic carbocycles. The molecular formula is C24H19ClN4O2. The van der Waals surface area contributed by atoms with E-state index in [0.29, 0.717) is 22.0 Å². The fraction of sp³-hybridized carbons (Fsp3) is 0.0417. The molecule has 0 bridgehead atoms. The van der Waals surface area contributed by atoms with Crippen molar-refractivity contribution in [3.8, 4) is 22.7 Å². The van der Waals surface area contributed by atoms with Crippen LogP contribution in [0.4, 0.5) is 0 Å². The number of carbonyl (C=O) groups excluding carboxylic acids is 1. The zero-order valence-corrected chi connectivity index (χ0v) is 17.5. The van der Waals surface area contributed by atoms with Crippen LogP contribution in [0.2, 0.25) is 5.02 Å². The molecule has 6 nitrogen and oxygen atoms in total. The summed E-state index contributed by atoms with van der Waals surface area (Å²) in [7, 11) is 1.62. The molecule has 4 aromatic rings. The summed E-state index contributed by atoms with van der Waals surface area (Å²) in [4.78, 5) is 12.9. The molecule has 0 spiro atoms. The van der Waals surface area contributed by atoms with Crippen LogP contribution in [0.25, 0.3) is 16.9 Å². The fourth-order valence-corrected chi connectivity index (χ4v) is 3.19. The number of methoxy groups -OCH3 is 1. The van der Waals surface area contributed by atoms with Gasteiger partial charge in [-0.1, -0.05) is 48.0 Å². The molecule has 7 heteroatoms. The highest BCUT2D eigenvalue weighted by atomic mass is 35.5. The van der Waals surface area contributed by atoms with E-state index in [9.17, 15) is 4.79 Å². The Labute approximate surface area is 184 Å². The maximum Gasteiger partial charge on any atom is 0.290 e. The van der Waals surface area contributed by atoms with Crippen LogP contribution in [0.1, 0.15) is 16.1 Å². The van der Waals surface area contributed by atoms with Gasteiger partial charge in [0.15, 0.2) is 0 Å². The minimum atomic E-state index is -0.389. The maximum atomic E-state index is 12.9. The normalized spacial score (nSPS) is 10.9. The van der Waals surface area contributed by atoms with Crippen molar-refractivity contribution in [1.29, 1.82) is 0 Å². The van der Waals surface area contributed by atoms with E-state index in [1.54, 1.807) is 23.9 Å². The quantitative estimate of drug-likeness (QED) is 0.347. The molecular weight excluding hydrogens is 412 g/mol. The number of carbonyl (C=O) groups is 1. The number of amides is 1. The first kappa shape index (κ1) is 20.4. The van der Waals surface area contributed by atoms with Gasteiger partial charge in [0.1, 0.15) is 11.4 Å². The zero-order chi connectivity index (χ0) is 21.6. The second-order valence-electron chi connectivity index (χ2n) is 6.61. The molecule has 0 saturated heterocycles. The average Bonchev–Trinajstić information content (AvgIpc) is 3.26. The van der Waals surface area contributed by atoms with Crippen molar-refractivity contribution in [2.45, 2.75) is 0 Å². The van der Waals surface area contributed by atoms with E-state index in [0.717, 1.165) is 17.0 Å². The number of ether oxygens (including phenoxy) is 1. The highest BCUT2D eigenvalue weighted by Gasteiger charge is 2.17. The first-order valence-electron chi connectivity index (χ1n) is 9.53. The highest BCUT2D eigenvalue weighted by molar-refractivity contribution is 6.33. The lowest BCUT2D eigenvalue weighted by Crippen LogP contribution is -2.21. The SMILES string of the molecule is COc1ccc(-c2cc(C(=O)NN=Cc3ccccc3Cl)n(-c3ccccc3)n2)cc1. The molecule has 0 saturated carbocycles. The number of rotatable bonds is 6. The summed E-state index contributed by atoms with van der Waals surface area (Å²) in [6, 6.07) is 25.9. The van der Waals surface area contributed by atoms with Gasteiger partial charge in [0.05, 0.1) is 24.7 Å². The van der Waals surface area contributed by atoms with Crippen molar-refractivity contribution in [3.05, 3.63) is 101 Å². The van der Waals surface area contributed by atoms with Gasteiger partial charge in [-0.25, -0.2) is 10.1 Å². The van der Waals surface area contributed by atoms with E-state index in [-0.39, 0.29) is 5.91 Å². The van der Waals surface area contributed by atoms with Gasteiger partial charge < -0.3 is 4.74 Å². The highest BCUT2D eigenvalue weighted by Crippen LogP contribution is 2.24. The predicted molar refractivity (Wildman–Crippen MR) is 122 cm³/mol. The van der Waals surface area contributed by atoms with Crippen LogP contribution in [0, 0.1) is 0 Å². The monoisotopic (exact) mass is 430 g/mol. The van der Waals surface area contributed by atoms with Gasteiger partial charge in [-0.2, -0.15) is 10.2 Å². The van der Waals surface area contributed by atoms with Gasteiger partial charge in [-0.3, -0.25) is 4.79 Å². The van der Waals surface area contributed by atoms with E-state index in [4.69, 9.17) is 16.3 Å². The lowest BCUT2D eigenvalue weighted by atomic mass is 10.1. The smallest absolute Gasteiger partial charge is 0.290 e. The summed E-state index contributed by atoms with van der Waals surface area (Å²) in [6.45, 7) is 0. The lowest BCUT2D eigenvalue weighted by molar-refractivity contribution is 0.0947. The molecule has 1 N–H and O–H groups in total. The Morgan fingerprint density at radius 3 is 2.45 bits per heavy atom. The molecule has 0 fully saturated rings. The lowest BCUT2D eigenvalue weighted by Gasteiger charge is -2.06. The van der Waals surface area contributed by atoms with Gasteiger partial charge in [-0.15, -0.1) is 0 Å². The topological polar surface area (TPSA) is 68.5 Å². The van der Waals surface area contributed by atoms with Gasteiger partial charge in [0.2, 0.25) is 0 Å².